The van der Waals surface area contributed by atoms with E-state index in [1.165, 1.54) is 34.1 Å². The lowest BCUT2D eigenvalue weighted by Crippen LogP contribution is -2.34. The number of anilines is 1. The zero-order valence-corrected chi connectivity index (χ0v) is 17.1. The van der Waals surface area contributed by atoms with E-state index in [0.717, 1.165) is 4.88 Å². The minimum absolute atomic E-state index is 0.0849. The lowest BCUT2D eigenvalue weighted by Gasteiger charge is -2.17. The van der Waals surface area contributed by atoms with Gasteiger partial charge in [0.25, 0.3) is 5.91 Å². The quantitative estimate of drug-likeness (QED) is 0.487. The summed E-state index contributed by atoms with van der Waals surface area (Å²) in [6.45, 7) is 0.128. The summed E-state index contributed by atoms with van der Waals surface area (Å²) in [6, 6.07) is 8.66. The van der Waals surface area contributed by atoms with Gasteiger partial charge in [0, 0.05) is 0 Å². The number of nitrogens with zero attached hydrogens (tertiary/aromatic N) is 2. The molecule has 0 aliphatic heterocycles. The van der Waals surface area contributed by atoms with Gasteiger partial charge in [-0.2, -0.15) is 18.3 Å². The highest BCUT2D eigenvalue weighted by molar-refractivity contribution is 7.71. The third-order valence-electron chi connectivity index (χ3n) is 4.09. The number of hydrogen-bond donors (Lipinski definition) is 3. The molecule has 0 aliphatic carbocycles. The molecule has 3 N–H and O–H groups in total. The highest BCUT2D eigenvalue weighted by Gasteiger charge is 2.29. The molecule has 2 heterocycles. The number of halogens is 3. The molecule has 0 aliphatic rings. The second kappa shape index (κ2) is 8.79. The minimum Gasteiger partial charge on any atom is -0.343 e. The molecule has 2 amide bonds. The lowest BCUT2D eigenvalue weighted by atomic mass is 10.1. The molecule has 0 saturated carbocycles. The molecular weight excluding hydrogens is 439 g/mol. The largest absolute Gasteiger partial charge is 0.405 e. The van der Waals surface area contributed by atoms with Crippen LogP contribution in [-0.4, -0.2) is 39.3 Å². The van der Waals surface area contributed by atoms with Gasteiger partial charge in [0.1, 0.15) is 12.6 Å². The number of aromatic nitrogens is 3. The van der Waals surface area contributed by atoms with E-state index in [2.05, 4.69) is 15.5 Å². The number of para-hydroxylation sites is 1. The van der Waals surface area contributed by atoms with Crippen molar-refractivity contribution < 1.29 is 22.8 Å². The Morgan fingerprint density at radius 2 is 2.00 bits per heavy atom. The fourth-order valence-electron chi connectivity index (χ4n) is 2.66. The van der Waals surface area contributed by atoms with Crippen molar-refractivity contribution in [3.05, 3.63) is 52.1 Å². The van der Waals surface area contributed by atoms with E-state index in [9.17, 15) is 22.8 Å². The predicted octanol–water partition coefficient (Wildman–Crippen LogP) is 4.16. The summed E-state index contributed by atoms with van der Waals surface area (Å²) in [4.78, 5) is 25.8. The molecule has 0 spiro atoms. The van der Waals surface area contributed by atoms with Crippen LogP contribution in [0.5, 0.6) is 0 Å². The first-order valence-corrected chi connectivity index (χ1v) is 9.92. The summed E-state index contributed by atoms with van der Waals surface area (Å²) < 4.78 is 38.9. The van der Waals surface area contributed by atoms with E-state index in [1.54, 1.807) is 18.3 Å². The van der Waals surface area contributed by atoms with Crippen molar-refractivity contribution >= 4 is 41.1 Å². The number of nitrogens with one attached hydrogen (secondary N) is 3. The predicted molar refractivity (Wildman–Crippen MR) is 109 cm³/mol. The number of benzene rings is 1. The summed E-state index contributed by atoms with van der Waals surface area (Å²) in [5, 5.41) is 13.1. The van der Waals surface area contributed by atoms with Gasteiger partial charge in [0.2, 0.25) is 5.91 Å². The van der Waals surface area contributed by atoms with Gasteiger partial charge >= 0.3 is 6.18 Å². The molecule has 158 valence electrons. The van der Waals surface area contributed by atoms with Crippen LogP contribution < -0.4 is 10.6 Å². The summed E-state index contributed by atoms with van der Waals surface area (Å²) >= 11 is 6.67. The summed E-state index contributed by atoms with van der Waals surface area (Å²) in [7, 11) is 0. The number of thiophene rings is 1. The van der Waals surface area contributed by atoms with Gasteiger partial charge in [-0.25, -0.2) is 0 Å². The highest BCUT2D eigenvalue weighted by Crippen LogP contribution is 2.26. The Labute approximate surface area is 177 Å². The van der Waals surface area contributed by atoms with Crippen LogP contribution in [0.2, 0.25) is 0 Å². The van der Waals surface area contributed by atoms with Crippen LogP contribution in [0.15, 0.2) is 41.8 Å². The number of carbonyl (C=O) groups excluding carboxylic acids is 2. The molecule has 3 rings (SSSR count). The summed E-state index contributed by atoms with van der Waals surface area (Å²) in [6.07, 6.45) is -4.54. The zero-order chi connectivity index (χ0) is 21.9. The van der Waals surface area contributed by atoms with Gasteiger partial charge in [-0.15, -0.1) is 11.3 Å². The number of alkyl halides is 3. The molecule has 1 unspecified atom stereocenters. The highest BCUT2D eigenvalue weighted by atomic mass is 32.1. The number of aromatic amines is 1. The van der Waals surface area contributed by atoms with E-state index in [4.69, 9.17) is 12.2 Å². The normalized spacial score (nSPS) is 12.4. The van der Waals surface area contributed by atoms with Crippen LogP contribution in [0.3, 0.4) is 0 Å². The first-order chi connectivity index (χ1) is 14.2. The fraction of sp³-hybridized carbons (Fsp3) is 0.222. The molecular formula is C18H16F3N5O2S2. The molecule has 30 heavy (non-hydrogen) atoms. The second-order valence-electron chi connectivity index (χ2n) is 6.21. The molecule has 12 heteroatoms. The van der Waals surface area contributed by atoms with Crippen LogP contribution in [0, 0.1) is 4.77 Å². The maximum absolute atomic E-state index is 12.8. The van der Waals surface area contributed by atoms with E-state index < -0.39 is 30.6 Å². The van der Waals surface area contributed by atoms with Crippen LogP contribution in [0.4, 0.5) is 18.9 Å². The number of hydrogen-bond acceptors (Lipinski definition) is 5. The standard InChI is InChI=1S/C18H16F3N5O2S2/c1-10(26-14(24-25-17(26)29)13-7-4-8-30-13)15(27)23-12-6-3-2-5-11(12)16(28)22-9-18(19,20)21/h2-8,10H,9H2,1H3,(H,22,28)(H,23,27)(H,25,29). The maximum Gasteiger partial charge on any atom is 0.405 e. The van der Waals surface area contributed by atoms with Crippen molar-refractivity contribution in [1.82, 2.24) is 20.1 Å². The Bertz CT molecular complexity index is 1110. The Hall–Kier alpha value is -2.99. The van der Waals surface area contributed by atoms with Crippen molar-refractivity contribution in [2.75, 3.05) is 11.9 Å². The van der Waals surface area contributed by atoms with Gasteiger partial charge in [0.15, 0.2) is 10.6 Å². The first-order valence-electron chi connectivity index (χ1n) is 8.63. The first kappa shape index (κ1) is 21.7. The van der Waals surface area contributed by atoms with Crippen molar-refractivity contribution in [2.45, 2.75) is 19.1 Å². The summed E-state index contributed by atoms with van der Waals surface area (Å²) in [5.74, 6) is -0.981. The number of carbonyl (C=O) groups is 2. The number of rotatable bonds is 6. The Morgan fingerprint density at radius 1 is 1.27 bits per heavy atom. The second-order valence-corrected chi connectivity index (χ2v) is 7.54. The number of amides is 2. The lowest BCUT2D eigenvalue weighted by molar-refractivity contribution is -0.123. The minimum atomic E-state index is -4.54. The van der Waals surface area contributed by atoms with Crippen molar-refractivity contribution in [3.63, 3.8) is 0 Å². The van der Waals surface area contributed by atoms with Gasteiger partial charge < -0.3 is 10.6 Å². The SMILES string of the molecule is CC(C(=O)Nc1ccccc1C(=O)NCC(F)(F)F)n1c(-c2cccs2)n[nH]c1=S. The Kier molecular flexibility index (Phi) is 6.37. The van der Waals surface area contributed by atoms with Crippen molar-refractivity contribution in [1.29, 1.82) is 0 Å². The molecule has 0 radical (unpaired) electrons. The zero-order valence-electron chi connectivity index (χ0n) is 15.5. The van der Waals surface area contributed by atoms with Crippen LogP contribution >= 0.6 is 23.6 Å². The molecule has 0 fully saturated rings. The third-order valence-corrected chi connectivity index (χ3v) is 5.25. The average molecular weight is 455 g/mol. The molecule has 0 saturated heterocycles. The van der Waals surface area contributed by atoms with Crippen LogP contribution in [0.25, 0.3) is 10.7 Å². The maximum atomic E-state index is 12.8. The van der Waals surface area contributed by atoms with Crippen molar-refractivity contribution in [3.8, 4) is 10.7 Å². The van der Waals surface area contributed by atoms with Gasteiger partial charge in [-0.05, 0) is 42.7 Å². The topological polar surface area (TPSA) is 91.8 Å². The molecule has 0 bridgehead atoms. The van der Waals surface area contributed by atoms with Gasteiger partial charge in [-0.3, -0.25) is 19.3 Å². The average Bonchev–Trinajstić information content (AvgIpc) is 3.35. The molecule has 1 atom stereocenters. The van der Waals surface area contributed by atoms with Crippen LogP contribution in [-0.2, 0) is 4.79 Å². The Morgan fingerprint density at radius 3 is 2.67 bits per heavy atom. The third kappa shape index (κ3) is 4.94. The van der Waals surface area contributed by atoms with E-state index >= 15 is 0 Å². The van der Waals surface area contributed by atoms with Gasteiger partial charge in [0.05, 0.1) is 16.1 Å². The molecule has 2 aromatic heterocycles. The molecule has 1 aromatic carbocycles. The van der Waals surface area contributed by atoms with Gasteiger partial charge in [-0.1, -0.05) is 18.2 Å². The molecule has 3 aromatic rings. The fourth-order valence-corrected chi connectivity index (χ4v) is 3.66. The van der Waals surface area contributed by atoms with E-state index in [1.807, 2.05) is 17.5 Å². The molecule has 7 nitrogen and oxygen atoms in total. The van der Waals surface area contributed by atoms with E-state index in [0.29, 0.717) is 5.82 Å². The van der Waals surface area contributed by atoms with Crippen molar-refractivity contribution in [2.24, 2.45) is 0 Å². The monoisotopic (exact) mass is 455 g/mol. The van der Waals surface area contributed by atoms with Crippen LogP contribution in [0.1, 0.15) is 23.3 Å². The van der Waals surface area contributed by atoms with E-state index in [-0.39, 0.29) is 16.0 Å². The Balaban J connectivity index is 1.82. The summed E-state index contributed by atoms with van der Waals surface area (Å²) in [5.41, 5.74) is -0.00159. The number of H-pyrrole nitrogens is 1. The smallest absolute Gasteiger partial charge is 0.343 e.